The van der Waals surface area contributed by atoms with Crippen molar-refractivity contribution < 1.29 is 9.53 Å². The number of carbonyl (C=O) groups is 1. The summed E-state index contributed by atoms with van der Waals surface area (Å²) < 4.78 is 5.23. The Morgan fingerprint density at radius 1 is 1.00 bits per heavy atom. The number of carbonyl (C=O) groups excluding carboxylic acids is 1. The first-order valence-corrected chi connectivity index (χ1v) is 9.85. The van der Waals surface area contributed by atoms with Gasteiger partial charge in [-0.25, -0.2) is 10.4 Å². The molecule has 2 aromatic carbocycles. The quantitative estimate of drug-likeness (QED) is 0.407. The van der Waals surface area contributed by atoms with Gasteiger partial charge in [-0.3, -0.25) is 4.79 Å². The zero-order valence-electron chi connectivity index (χ0n) is 17.3. The molecule has 0 bridgehead atoms. The van der Waals surface area contributed by atoms with Gasteiger partial charge in [0.25, 0.3) is 0 Å². The summed E-state index contributed by atoms with van der Waals surface area (Å²) in [5.74, 6) is 0.955. The Hall–Kier alpha value is -3.06. The molecule has 1 aliphatic rings. The average Bonchev–Trinajstić information content (AvgIpc) is 2.77. The Morgan fingerprint density at radius 2 is 1.52 bits per heavy atom. The zero-order valence-corrected chi connectivity index (χ0v) is 17.3. The van der Waals surface area contributed by atoms with Crippen LogP contribution in [0.15, 0.2) is 53.5 Å². The van der Waals surface area contributed by atoms with Crippen molar-refractivity contribution >= 4 is 29.2 Å². The summed E-state index contributed by atoms with van der Waals surface area (Å²) in [4.78, 5) is 20.3. The number of nitrogens with one attached hydrogen (secondary N) is 2. The highest BCUT2D eigenvalue weighted by atomic mass is 16.5. The molecule has 2 N–H and O–H groups in total. The van der Waals surface area contributed by atoms with Gasteiger partial charge >= 0.3 is 0 Å². The monoisotopic (exact) mass is 395 g/mol. The van der Waals surface area contributed by atoms with Crippen molar-refractivity contribution in [1.29, 1.82) is 0 Å². The Bertz CT molecular complexity index is 812. The second-order valence-electron chi connectivity index (χ2n) is 7.07. The maximum absolute atomic E-state index is 11.2. The minimum atomic E-state index is -0.250. The van der Waals surface area contributed by atoms with Crippen molar-refractivity contribution in [3.8, 4) is 5.75 Å². The number of methoxy groups -OCH3 is 1. The molecule has 1 unspecified atom stereocenters. The minimum absolute atomic E-state index is 0.0716. The van der Waals surface area contributed by atoms with Crippen LogP contribution in [0.25, 0.3) is 0 Å². The van der Waals surface area contributed by atoms with E-state index in [2.05, 4.69) is 49.9 Å². The fourth-order valence-electron chi connectivity index (χ4n) is 3.14. The molecule has 3 rings (SSSR count). The van der Waals surface area contributed by atoms with E-state index in [4.69, 9.17) is 4.74 Å². The Labute approximate surface area is 172 Å². The summed E-state index contributed by atoms with van der Waals surface area (Å²) in [6.07, 6.45) is 1.56. The van der Waals surface area contributed by atoms with Crippen LogP contribution in [0.1, 0.15) is 13.8 Å². The van der Waals surface area contributed by atoms with Crippen molar-refractivity contribution in [3.05, 3.63) is 48.5 Å². The van der Waals surface area contributed by atoms with E-state index in [1.165, 1.54) is 11.4 Å². The molecule has 1 atom stereocenters. The van der Waals surface area contributed by atoms with Gasteiger partial charge in [-0.1, -0.05) is 0 Å². The lowest BCUT2D eigenvalue weighted by Crippen LogP contribution is -2.46. The average molecular weight is 396 g/mol. The standard InChI is InChI=1S/C22H29N5O2/c1-17(18(2)28)25-24-16-23-19-4-6-20(7-5-19)26-12-14-27(15-13-26)21-8-10-22(29-3)11-9-21/h4-11,16-17,25H,12-15H2,1-3H3,(H,23,24). The smallest absolute Gasteiger partial charge is 0.148 e. The molecule has 154 valence electrons. The summed E-state index contributed by atoms with van der Waals surface area (Å²) in [6.45, 7) is 7.26. The highest BCUT2D eigenvalue weighted by Crippen LogP contribution is 2.24. The molecule has 29 heavy (non-hydrogen) atoms. The van der Waals surface area contributed by atoms with Gasteiger partial charge < -0.3 is 20.0 Å². The number of hydrogen-bond acceptors (Lipinski definition) is 6. The number of ketones is 1. The van der Waals surface area contributed by atoms with Crippen molar-refractivity contribution in [3.63, 3.8) is 0 Å². The number of piperazine rings is 1. The number of hydrazine groups is 1. The van der Waals surface area contributed by atoms with E-state index in [1.54, 1.807) is 27.3 Å². The van der Waals surface area contributed by atoms with E-state index in [1.807, 2.05) is 24.3 Å². The first kappa shape index (κ1) is 20.7. The van der Waals surface area contributed by atoms with Gasteiger partial charge in [0.1, 0.15) is 17.9 Å². The highest BCUT2D eigenvalue weighted by molar-refractivity contribution is 5.81. The summed E-state index contributed by atoms with van der Waals surface area (Å²) in [5.41, 5.74) is 9.00. The van der Waals surface area contributed by atoms with Gasteiger partial charge in [0.05, 0.1) is 18.8 Å². The van der Waals surface area contributed by atoms with E-state index in [-0.39, 0.29) is 11.8 Å². The van der Waals surface area contributed by atoms with Crippen LogP contribution < -0.4 is 25.4 Å². The number of aliphatic imine (C=N–C) groups is 1. The largest absolute Gasteiger partial charge is 0.497 e. The molecule has 0 spiro atoms. The number of Topliss-reactive ketones (excluding diaryl/α,β-unsaturated/α-hetero) is 1. The fourth-order valence-corrected chi connectivity index (χ4v) is 3.14. The van der Waals surface area contributed by atoms with Gasteiger partial charge in [0, 0.05) is 37.6 Å². The van der Waals surface area contributed by atoms with Gasteiger partial charge in [0.15, 0.2) is 0 Å². The number of hydrogen-bond donors (Lipinski definition) is 2. The minimum Gasteiger partial charge on any atom is -0.497 e. The van der Waals surface area contributed by atoms with Crippen molar-refractivity contribution in [2.24, 2.45) is 4.99 Å². The predicted octanol–water partition coefficient (Wildman–Crippen LogP) is 2.75. The van der Waals surface area contributed by atoms with Gasteiger partial charge in [-0.15, -0.1) is 0 Å². The van der Waals surface area contributed by atoms with Crippen molar-refractivity contribution in [1.82, 2.24) is 10.9 Å². The number of nitrogens with zero attached hydrogens (tertiary/aromatic N) is 3. The summed E-state index contributed by atoms with van der Waals surface area (Å²) in [7, 11) is 1.69. The fraction of sp³-hybridized carbons (Fsp3) is 0.364. The third-order valence-electron chi connectivity index (χ3n) is 5.12. The van der Waals surface area contributed by atoms with Crippen LogP contribution in [0.2, 0.25) is 0 Å². The van der Waals surface area contributed by atoms with Gasteiger partial charge in [-0.2, -0.15) is 0 Å². The summed E-state index contributed by atoms with van der Waals surface area (Å²) in [6, 6.07) is 16.2. The number of anilines is 2. The molecule has 0 saturated carbocycles. The lowest BCUT2D eigenvalue weighted by atomic mass is 10.2. The number of benzene rings is 2. The van der Waals surface area contributed by atoms with Crippen molar-refractivity contribution in [2.75, 3.05) is 43.1 Å². The lowest BCUT2D eigenvalue weighted by molar-refractivity contribution is -0.118. The normalized spacial score (nSPS) is 15.4. The van der Waals surface area contributed by atoms with E-state index in [0.717, 1.165) is 37.6 Å². The molecular weight excluding hydrogens is 366 g/mol. The molecule has 1 aliphatic heterocycles. The van der Waals surface area contributed by atoms with E-state index >= 15 is 0 Å². The Kier molecular flexibility index (Phi) is 7.08. The summed E-state index contributed by atoms with van der Waals surface area (Å²) in [5, 5.41) is 0. The van der Waals surface area contributed by atoms with Crippen LogP contribution >= 0.6 is 0 Å². The SMILES string of the molecule is COc1ccc(N2CCN(c3ccc(N=CNNC(C)C(C)=O)cc3)CC2)cc1. The van der Waals surface area contributed by atoms with Crippen LogP contribution in [0, 0.1) is 0 Å². The molecule has 7 heteroatoms. The van der Waals surface area contributed by atoms with Crippen LogP contribution in [0.3, 0.4) is 0 Å². The highest BCUT2D eigenvalue weighted by Gasteiger charge is 2.17. The van der Waals surface area contributed by atoms with E-state index in [0.29, 0.717) is 0 Å². The molecule has 1 heterocycles. The molecule has 0 aromatic heterocycles. The first-order chi connectivity index (χ1) is 14.1. The van der Waals surface area contributed by atoms with Crippen LogP contribution in [0.5, 0.6) is 5.75 Å². The molecule has 1 saturated heterocycles. The van der Waals surface area contributed by atoms with Crippen molar-refractivity contribution in [2.45, 2.75) is 19.9 Å². The molecule has 0 amide bonds. The maximum atomic E-state index is 11.2. The summed E-state index contributed by atoms with van der Waals surface area (Å²) >= 11 is 0. The third-order valence-corrected chi connectivity index (χ3v) is 5.12. The van der Waals surface area contributed by atoms with E-state index < -0.39 is 0 Å². The third kappa shape index (κ3) is 5.71. The zero-order chi connectivity index (χ0) is 20.6. The molecular formula is C22H29N5O2. The second kappa shape index (κ2) is 9.93. The van der Waals surface area contributed by atoms with Gasteiger partial charge in [0.2, 0.25) is 0 Å². The van der Waals surface area contributed by atoms with E-state index in [9.17, 15) is 4.79 Å². The second-order valence-corrected chi connectivity index (χ2v) is 7.07. The first-order valence-electron chi connectivity index (χ1n) is 9.85. The number of rotatable bonds is 8. The molecule has 1 fully saturated rings. The molecule has 0 aliphatic carbocycles. The maximum Gasteiger partial charge on any atom is 0.148 e. The predicted molar refractivity (Wildman–Crippen MR) is 118 cm³/mol. The van der Waals surface area contributed by atoms with Crippen LogP contribution in [0.4, 0.5) is 17.1 Å². The van der Waals surface area contributed by atoms with Gasteiger partial charge in [-0.05, 0) is 62.4 Å². The van der Waals surface area contributed by atoms with Crippen LogP contribution in [-0.4, -0.2) is 51.5 Å². The Morgan fingerprint density at radius 3 is 2.00 bits per heavy atom. The number of ether oxygens (including phenoxy) is 1. The van der Waals surface area contributed by atoms with Crippen LogP contribution in [-0.2, 0) is 4.79 Å². The molecule has 7 nitrogen and oxygen atoms in total. The molecule has 2 aromatic rings. The Balaban J connectivity index is 1.49. The molecule has 0 radical (unpaired) electrons. The lowest BCUT2D eigenvalue weighted by Gasteiger charge is -2.37. The topological polar surface area (TPSA) is 69.2 Å².